The zero-order chi connectivity index (χ0) is 15.6. The average Bonchev–Trinajstić information content (AvgIpc) is 2.40. The lowest BCUT2D eigenvalue weighted by Crippen LogP contribution is -2.07. The lowest BCUT2D eigenvalue weighted by Gasteiger charge is -2.14. The zero-order valence-corrected chi connectivity index (χ0v) is 11.0. The first-order valence-electron chi connectivity index (χ1n) is 6.10. The van der Waals surface area contributed by atoms with Crippen LogP contribution in [-0.2, 0) is 6.18 Å². The van der Waals surface area contributed by atoms with E-state index in [9.17, 15) is 22.7 Å². The number of halogens is 4. The Morgan fingerprint density at radius 1 is 1.05 bits per heavy atom. The fraction of sp³-hybridized carbons (Fsp3) is 0.200. The van der Waals surface area contributed by atoms with E-state index in [1.54, 1.807) is 0 Å². The van der Waals surface area contributed by atoms with Gasteiger partial charge in [-0.25, -0.2) is 4.39 Å². The van der Waals surface area contributed by atoms with Crippen LogP contribution in [0.3, 0.4) is 0 Å². The molecular weight excluding hydrogens is 288 g/mol. The predicted octanol–water partition coefficient (Wildman–Crippen LogP) is 4.69. The SMILES string of the molecule is C[C@@H](O)c1ccc(Oc2ccccc2C(F)(F)F)c(F)c1. The fourth-order valence-corrected chi connectivity index (χ4v) is 1.77. The number of rotatable bonds is 3. The van der Waals surface area contributed by atoms with Gasteiger partial charge in [-0.3, -0.25) is 0 Å². The molecule has 0 aliphatic heterocycles. The number of ether oxygens (including phenoxy) is 1. The molecule has 1 atom stereocenters. The Morgan fingerprint density at radius 3 is 2.29 bits per heavy atom. The summed E-state index contributed by atoms with van der Waals surface area (Å²) in [5.74, 6) is -1.66. The van der Waals surface area contributed by atoms with Gasteiger partial charge in [0.2, 0.25) is 0 Å². The smallest absolute Gasteiger partial charge is 0.419 e. The van der Waals surface area contributed by atoms with Gasteiger partial charge in [0.1, 0.15) is 5.75 Å². The predicted molar refractivity (Wildman–Crippen MR) is 68.6 cm³/mol. The van der Waals surface area contributed by atoms with Crippen molar-refractivity contribution >= 4 is 0 Å². The van der Waals surface area contributed by atoms with Crippen LogP contribution >= 0.6 is 0 Å². The molecular formula is C15H12F4O2. The highest BCUT2D eigenvalue weighted by Gasteiger charge is 2.34. The summed E-state index contributed by atoms with van der Waals surface area (Å²) in [4.78, 5) is 0. The van der Waals surface area contributed by atoms with Gasteiger partial charge in [0.15, 0.2) is 11.6 Å². The number of hydrogen-bond donors (Lipinski definition) is 1. The van der Waals surface area contributed by atoms with Gasteiger partial charge < -0.3 is 9.84 Å². The Bertz CT molecular complexity index is 636. The first kappa shape index (κ1) is 15.3. The first-order valence-corrected chi connectivity index (χ1v) is 6.10. The summed E-state index contributed by atoms with van der Waals surface area (Å²) in [6, 6.07) is 8.16. The van der Waals surface area contributed by atoms with Gasteiger partial charge in [0, 0.05) is 0 Å². The van der Waals surface area contributed by atoms with Crippen molar-refractivity contribution in [1.82, 2.24) is 0 Å². The molecule has 1 N–H and O–H groups in total. The molecule has 0 aliphatic carbocycles. The highest BCUT2D eigenvalue weighted by molar-refractivity contribution is 5.40. The van der Waals surface area contributed by atoms with Crippen LogP contribution in [0, 0.1) is 5.82 Å². The number of aliphatic hydroxyl groups is 1. The fourth-order valence-electron chi connectivity index (χ4n) is 1.77. The minimum absolute atomic E-state index is 0.309. The number of aliphatic hydroxyl groups excluding tert-OH is 1. The Balaban J connectivity index is 2.35. The van der Waals surface area contributed by atoms with Crippen LogP contribution in [0.4, 0.5) is 17.6 Å². The third kappa shape index (κ3) is 3.52. The summed E-state index contributed by atoms with van der Waals surface area (Å²) in [7, 11) is 0. The van der Waals surface area contributed by atoms with Gasteiger partial charge in [0.05, 0.1) is 11.7 Å². The molecule has 0 spiro atoms. The molecule has 2 aromatic rings. The van der Waals surface area contributed by atoms with Crippen molar-refractivity contribution in [3.8, 4) is 11.5 Å². The van der Waals surface area contributed by atoms with Crippen LogP contribution < -0.4 is 4.74 Å². The van der Waals surface area contributed by atoms with Crippen LogP contribution in [0.15, 0.2) is 42.5 Å². The Kier molecular flexibility index (Phi) is 4.18. The molecule has 0 aromatic heterocycles. The minimum Gasteiger partial charge on any atom is -0.454 e. The number of hydrogen-bond acceptors (Lipinski definition) is 2. The molecule has 0 bridgehead atoms. The van der Waals surface area contributed by atoms with Gasteiger partial charge in [-0.05, 0) is 36.8 Å². The van der Waals surface area contributed by atoms with Crippen molar-refractivity contribution in [2.75, 3.05) is 0 Å². The summed E-state index contributed by atoms with van der Waals surface area (Å²) in [6.45, 7) is 1.45. The minimum atomic E-state index is -4.59. The van der Waals surface area contributed by atoms with E-state index in [1.807, 2.05) is 0 Å². The molecule has 0 unspecified atom stereocenters. The summed E-state index contributed by atoms with van der Waals surface area (Å²) in [5.41, 5.74) is -0.673. The molecule has 0 fully saturated rings. The second kappa shape index (κ2) is 5.73. The van der Waals surface area contributed by atoms with Crippen LogP contribution in [0.2, 0.25) is 0 Å². The number of para-hydroxylation sites is 1. The van der Waals surface area contributed by atoms with E-state index in [0.717, 1.165) is 18.2 Å². The third-order valence-corrected chi connectivity index (χ3v) is 2.85. The molecule has 0 saturated heterocycles. The third-order valence-electron chi connectivity index (χ3n) is 2.85. The maximum atomic E-state index is 13.8. The lowest BCUT2D eigenvalue weighted by atomic mass is 10.1. The van der Waals surface area contributed by atoms with Gasteiger partial charge in [-0.2, -0.15) is 13.2 Å². The second-order valence-electron chi connectivity index (χ2n) is 4.46. The molecule has 6 heteroatoms. The second-order valence-corrected chi connectivity index (χ2v) is 4.46. The maximum absolute atomic E-state index is 13.8. The molecule has 0 aliphatic rings. The number of alkyl halides is 3. The molecule has 0 saturated carbocycles. The average molecular weight is 300 g/mol. The Hall–Kier alpha value is -2.08. The van der Waals surface area contributed by atoms with Gasteiger partial charge in [0.25, 0.3) is 0 Å². The molecule has 0 heterocycles. The molecule has 0 amide bonds. The topological polar surface area (TPSA) is 29.5 Å². The van der Waals surface area contributed by atoms with Crippen molar-refractivity contribution in [2.24, 2.45) is 0 Å². The first-order chi connectivity index (χ1) is 9.79. The van der Waals surface area contributed by atoms with Crippen LogP contribution in [0.1, 0.15) is 24.2 Å². The van der Waals surface area contributed by atoms with Crippen molar-refractivity contribution in [3.63, 3.8) is 0 Å². The van der Waals surface area contributed by atoms with Crippen molar-refractivity contribution in [2.45, 2.75) is 19.2 Å². The van der Waals surface area contributed by atoms with E-state index in [0.29, 0.717) is 5.56 Å². The zero-order valence-electron chi connectivity index (χ0n) is 11.0. The lowest BCUT2D eigenvalue weighted by molar-refractivity contribution is -0.138. The van der Waals surface area contributed by atoms with Crippen LogP contribution in [0.25, 0.3) is 0 Å². The van der Waals surface area contributed by atoms with Crippen molar-refractivity contribution in [3.05, 3.63) is 59.4 Å². The van der Waals surface area contributed by atoms with Gasteiger partial charge >= 0.3 is 6.18 Å². The van der Waals surface area contributed by atoms with E-state index in [1.165, 1.54) is 31.2 Å². The van der Waals surface area contributed by atoms with E-state index >= 15 is 0 Å². The Labute approximate surface area is 118 Å². The van der Waals surface area contributed by atoms with E-state index < -0.39 is 29.4 Å². The normalized spacial score (nSPS) is 13.0. The monoisotopic (exact) mass is 300 g/mol. The van der Waals surface area contributed by atoms with Gasteiger partial charge in [-0.15, -0.1) is 0 Å². The van der Waals surface area contributed by atoms with Crippen molar-refractivity contribution in [1.29, 1.82) is 0 Å². The highest BCUT2D eigenvalue weighted by atomic mass is 19.4. The molecule has 2 nitrogen and oxygen atoms in total. The number of benzene rings is 2. The molecule has 2 aromatic carbocycles. The molecule has 0 radical (unpaired) electrons. The van der Waals surface area contributed by atoms with E-state index in [2.05, 4.69) is 0 Å². The van der Waals surface area contributed by atoms with Gasteiger partial charge in [-0.1, -0.05) is 18.2 Å². The Morgan fingerprint density at radius 2 is 1.71 bits per heavy atom. The maximum Gasteiger partial charge on any atom is 0.419 e. The van der Waals surface area contributed by atoms with Crippen molar-refractivity contribution < 1.29 is 27.4 Å². The van der Waals surface area contributed by atoms with Crippen LogP contribution in [-0.4, -0.2) is 5.11 Å². The summed E-state index contributed by atoms with van der Waals surface area (Å²) in [5, 5.41) is 9.32. The summed E-state index contributed by atoms with van der Waals surface area (Å²) >= 11 is 0. The summed E-state index contributed by atoms with van der Waals surface area (Å²) in [6.07, 6.45) is -5.47. The van der Waals surface area contributed by atoms with E-state index in [4.69, 9.17) is 4.74 Å². The molecule has 2 rings (SSSR count). The largest absolute Gasteiger partial charge is 0.454 e. The van der Waals surface area contributed by atoms with Crippen LogP contribution in [0.5, 0.6) is 11.5 Å². The molecule has 112 valence electrons. The highest BCUT2D eigenvalue weighted by Crippen LogP contribution is 2.38. The quantitative estimate of drug-likeness (QED) is 0.833. The van der Waals surface area contributed by atoms with E-state index in [-0.39, 0.29) is 5.75 Å². The standard InChI is InChI=1S/C15H12F4O2/c1-9(20)10-6-7-14(12(16)8-10)21-13-5-3-2-4-11(13)15(17,18)19/h2-9,20H,1H3/t9-/m1/s1. The summed E-state index contributed by atoms with van der Waals surface area (Å²) < 4.78 is 57.3. The molecule has 21 heavy (non-hydrogen) atoms.